The van der Waals surface area contributed by atoms with Crippen molar-refractivity contribution in [3.8, 4) is 11.3 Å². The van der Waals surface area contributed by atoms with E-state index >= 15 is 0 Å². The van der Waals surface area contributed by atoms with Gasteiger partial charge in [-0.15, -0.1) is 11.3 Å². The summed E-state index contributed by atoms with van der Waals surface area (Å²) < 4.78 is 13.2. The molecule has 2 aromatic rings. The number of nitrogens with zero attached hydrogens (tertiary/aromatic N) is 1. The maximum absolute atomic E-state index is 13.2. The van der Waals surface area contributed by atoms with Gasteiger partial charge in [0.15, 0.2) is 0 Å². The minimum absolute atomic E-state index is 0.190. The number of aryl methyl sites for hydroxylation is 2. The minimum atomic E-state index is -0.190. The summed E-state index contributed by atoms with van der Waals surface area (Å²) in [7, 11) is 0. The van der Waals surface area contributed by atoms with Gasteiger partial charge in [-0.1, -0.05) is 0 Å². The summed E-state index contributed by atoms with van der Waals surface area (Å²) >= 11 is 1.59. The molecule has 0 saturated carbocycles. The average molecular weight is 236 g/mol. The van der Waals surface area contributed by atoms with Crippen molar-refractivity contribution in [1.82, 2.24) is 4.98 Å². The van der Waals surface area contributed by atoms with Crippen molar-refractivity contribution in [2.24, 2.45) is 5.73 Å². The topological polar surface area (TPSA) is 38.9 Å². The minimum Gasteiger partial charge on any atom is -0.326 e. The molecule has 1 aromatic heterocycles. The summed E-state index contributed by atoms with van der Waals surface area (Å²) in [4.78, 5) is 5.48. The number of hydrogen-bond donors (Lipinski definition) is 1. The third-order valence-corrected chi connectivity index (χ3v) is 3.41. The summed E-state index contributed by atoms with van der Waals surface area (Å²) in [6, 6.07) is 5.03. The van der Waals surface area contributed by atoms with Crippen LogP contribution in [0.15, 0.2) is 18.2 Å². The van der Waals surface area contributed by atoms with Crippen LogP contribution in [-0.4, -0.2) is 4.98 Å². The SMILES string of the molecule is Cc1nc(-c2ccc(F)c(C)c2)c(CN)s1. The lowest BCUT2D eigenvalue weighted by atomic mass is 10.1. The molecule has 2 rings (SSSR count). The Kier molecular flexibility index (Phi) is 3.03. The second kappa shape index (κ2) is 4.31. The van der Waals surface area contributed by atoms with Gasteiger partial charge in [0.2, 0.25) is 0 Å². The zero-order chi connectivity index (χ0) is 11.7. The first kappa shape index (κ1) is 11.2. The van der Waals surface area contributed by atoms with Gasteiger partial charge in [0, 0.05) is 17.0 Å². The van der Waals surface area contributed by atoms with Crippen molar-refractivity contribution in [3.05, 3.63) is 39.5 Å². The van der Waals surface area contributed by atoms with Gasteiger partial charge in [-0.05, 0) is 37.6 Å². The molecule has 0 unspecified atom stereocenters. The number of thiazole rings is 1. The van der Waals surface area contributed by atoms with Gasteiger partial charge in [-0.25, -0.2) is 9.37 Å². The zero-order valence-corrected chi connectivity index (χ0v) is 10.1. The Bertz CT molecular complexity index is 520. The van der Waals surface area contributed by atoms with Gasteiger partial charge < -0.3 is 5.73 Å². The first-order chi connectivity index (χ1) is 7.61. The predicted molar refractivity (Wildman–Crippen MR) is 64.9 cm³/mol. The van der Waals surface area contributed by atoms with Crippen molar-refractivity contribution in [2.45, 2.75) is 20.4 Å². The molecule has 0 aliphatic carbocycles. The Labute approximate surface area is 97.9 Å². The maximum atomic E-state index is 13.2. The lowest BCUT2D eigenvalue weighted by molar-refractivity contribution is 0.619. The molecule has 0 saturated heterocycles. The molecule has 0 fully saturated rings. The molecule has 0 atom stereocenters. The maximum Gasteiger partial charge on any atom is 0.126 e. The van der Waals surface area contributed by atoms with Crippen LogP contribution < -0.4 is 5.73 Å². The smallest absolute Gasteiger partial charge is 0.126 e. The van der Waals surface area contributed by atoms with Crippen LogP contribution in [0.3, 0.4) is 0 Å². The van der Waals surface area contributed by atoms with Crippen molar-refractivity contribution < 1.29 is 4.39 Å². The Morgan fingerprint density at radius 1 is 1.38 bits per heavy atom. The molecular weight excluding hydrogens is 223 g/mol. The highest BCUT2D eigenvalue weighted by Gasteiger charge is 2.10. The predicted octanol–water partition coefficient (Wildman–Crippen LogP) is 3.02. The zero-order valence-electron chi connectivity index (χ0n) is 9.25. The Morgan fingerprint density at radius 3 is 2.75 bits per heavy atom. The number of rotatable bonds is 2. The number of aromatic nitrogens is 1. The number of benzene rings is 1. The highest BCUT2D eigenvalue weighted by Crippen LogP contribution is 2.28. The highest BCUT2D eigenvalue weighted by molar-refractivity contribution is 7.12. The van der Waals surface area contributed by atoms with Gasteiger partial charge in [0.1, 0.15) is 5.82 Å². The summed E-state index contributed by atoms with van der Waals surface area (Å²) in [5, 5.41) is 0.984. The monoisotopic (exact) mass is 236 g/mol. The number of hydrogen-bond acceptors (Lipinski definition) is 3. The van der Waals surface area contributed by atoms with E-state index < -0.39 is 0 Å². The Balaban J connectivity index is 2.53. The van der Waals surface area contributed by atoms with Gasteiger partial charge in [-0.3, -0.25) is 0 Å². The summed E-state index contributed by atoms with van der Waals surface area (Å²) in [6.45, 7) is 4.17. The first-order valence-corrected chi connectivity index (χ1v) is 5.86. The molecule has 1 aromatic carbocycles. The van der Waals surface area contributed by atoms with Crippen LogP contribution >= 0.6 is 11.3 Å². The first-order valence-electron chi connectivity index (χ1n) is 5.04. The van der Waals surface area contributed by atoms with Gasteiger partial charge in [0.05, 0.1) is 10.7 Å². The van der Waals surface area contributed by atoms with Crippen molar-refractivity contribution in [2.75, 3.05) is 0 Å². The van der Waals surface area contributed by atoms with Crippen LogP contribution in [0, 0.1) is 19.7 Å². The van der Waals surface area contributed by atoms with Crippen LogP contribution in [0.1, 0.15) is 15.4 Å². The quantitative estimate of drug-likeness (QED) is 0.870. The van der Waals surface area contributed by atoms with Gasteiger partial charge in [-0.2, -0.15) is 0 Å². The van der Waals surface area contributed by atoms with E-state index in [1.807, 2.05) is 13.0 Å². The molecule has 84 valence electrons. The normalized spacial score (nSPS) is 10.8. The van der Waals surface area contributed by atoms with Crippen LogP contribution in [-0.2, 0) is 6.54 Å². The van der Waals surface area contributed by atoms with Crippen LogP contribution in [0.5, 0.6) is 0 Å². The molecule has 2 N–H and O–H groups in total. The van der Waals surface area contributed by atoms with E-state index in [2.05, 4.69) is 4.98 Å². The molecule has 1 heterocycles. The second-order valence-corrected chi connectivity index (χ2v) is 4.96. The average Bonchev–Trinajstić information content (AvgIpc) is 2.63. The largest absolute Gasteiger partial charge is 0.326 e. The molecular formula is C12H13FN2S. The fourth-order valence-electron chi connectivity index (χ4n) is 1.63. The molecule has 0 amide bonds. The number of nitrogens with two attached hydrogens (primary N) is 1. The van der Waals surface area contributed by atoms with E-state index in [1.54, 1.807) is 24.3 Å². The van der Waals surface area contributed by atoms with Crippen LogP contribution in [0.2, 0.25) is 0 Å². The number of halogens is 1. The fraction of sp³-hybridized carbons (Fsp3) is 0.250. The van der Waals surface area contributed by atoms with E-state index in [1.165, 1.54) is 6.07 Å². The van der Waals surface area contributed by atoms with Crippen LogP contribution in [0.4, 0.5) is 4.39 Å². The molecule has 0 spiro atoms. The van der Waals surface area contributed by atoms with Crippen LogP contribution in [0.25, 0.3) is 11.3 Å². The molecule has 0 aliphatic rings. The fourth-order valence-corrected chi connectivity index (χ4v) is 2.46. The lowest BCUT2D eigenvalue weighted by Crippen LogP contribution is -1.96. The van der Waals surface area contributed by atoms with E-state index in [0.717, 1.165) is 21.1 Å². The van der Waals surface area contributed by atoms with Gasteiger partial charge in [0.25, 0.3) is 0 Å². The van der Waals surface area contributed by atoms with Crippen molar-refractivity contribution in [3.63, 3.8) is 0 Å². The van der Waals surface area contributed by atoms with Gasteiger partial charge >= 0.3 is 0 Å². The van der Waals surface area contributed by atoms with E-state index in [-0.39, 0.29) is 5.82 Å². The standard InChI is InChI=1S/C12H13FN2S/c1-7-5-9(3-4-10(7)13)12-11(6-14)16-8(2)15-12/h3-5H,6,14H2,1-2H3. The Morgan fingerprint density at radius 2 is 2.12 bits per heavy atom. The van der Waals surface area contributed by atoms with Crippen molar-refractivity contribution >= 4 is 11.3 Å². The molecule has 16 heavy (non-hydrogen) atoms. The molecule has 4 heteroatoms. The molecule has 2 nitrogen and oxygen atoms in total. The van der Waals surface area contributed by atoms with E-state index in [0.29, 0.717) is 12.1 Å². The Hall–Kier alpha value is -1.26. The van der Waals surface area contributed by atoms with Crippen molar-refractivity contribution in [1.29, 1.82) is 0 Å². The van der Waals surface area contributed by atoms with E-state index in [4.69, 9.17) is 5.73 Å². The summed E-state index contributed by atoms with van der Waals surface area (Å²) in [6.07, 6.45) is 0. The summed E-state index contributed by atoms with van der Waals surface area (Å²) in [5.74, 6) is -0.190. The van der Waals surface area contributed by atoms with E-state index in [9.17, 15) is 4.39 Å². The third kappa shape index (κ3) is 1.99. The summed E-state index contributed by atoms with van der Waals surface area (Å²) in [5.41, 5.74) is 8.11. The second-order valence-electron chi connectivity index (χ2n) is 3.67. The molecule has 0 bridgehead atoms. The lowest BCUT2D eigenvalue weighted by Gasteiger charge is -2.02. The highest BCUT2D eigenvalue weighted by atomic mass is 32.1. The third-order valence-electron chi connectivity index (χ3n) is 2.42. The molecule has 0 aliphatic heterocycles. The molecule has 0 radical (unpaired) electrons.